The van der Waals surface area contributed by atoms with Crippen molar-refractivity contribution in [1.29, 1.82) is 0 Å². The van der Waals surface area contributed by atoms with Crippen molar-refractivity contribution < 1.29 is 0 Å². The Hall–Kier alpha value is -0.0800. The van der Waals surface area contributed by atoms with Gasteiger partial charge in [0.25, 0.3) is 0 Å². The molecular formula is C18H34N2. The average molecular weight is 278 g/mol. The number of nitrogens with one attached hydrogen (secondary N) is 1. The number of hydrogen-bond acceptors (Lipinski definition) is 2. The molecule has 4 unspecified atom stereocenters. The third kappa shape index (κ3) is 2.54. The van der Waals surface area contributed by atoms with E-state index in [4.69, 9.17) is 5.84 Å². The van der Waals surface area contributed by atoms with Gasteiger partial charge in [-0.2, -0.15) is 0 Å². The van der Waals surface area contributed by atoms with Gasteiger partial charge in [-0.25, -0.2) is 0 Å². The van der Waals surface area contributed by atoms with E-state index in [0.29, 0.717) is 16.9 Å². The number of nitrogens with two attached hydrogens (primary N) is 1. The Bertz CT molecular complexity index is 337. The lowest BCUT2D eigenvalue weighted by Crippen LogP contribution is -2.60. The van der Waals surface area contributed by atoms with Gasteiger partial charge in [-0.15, -0.1) is 0 Å². The minimum Gasteiger partial charge on any atom is -0.271 e. The molecule has 2 heteroatoms. The van der Waals surface area contributed by atoms with Gasteiger partial charge in [-0.3, -0.25) is 11.3 Å². The van der Waals surface area contributed by atoms with E-state index in [0.717, 1.165) is 17.8 Å². The second kappa shape index (κ2) is 5.28. The zero-order valence-electron chi connectivity index (χ0n) is 13.8. The second-order valence-electron chi connectivity index (χ2n) is 8.98. The minimum absolute atomic E-state index is 0.523. The lowest BCUT2D eigenvalue weighted by molar-refractivity contribution is -0.120. The van der Waals surface area contributed by atoms with E-state index in [-0.39, 0.29) is 0 Å². The van der Waals surface area contributed by atoms with Gasteiger partial charge in [0, 0.05) is 6.04 Å². The summed E-state index contributed by atoms with van der Waals surface area (Å²) >= 11 is 0. The summed E-state index contributed by atoms with van der Waals surface area (Å²) in [6.07, 6.45) is 12.8. The van der Waals surface area contributed by atoms with E-state index < -0.39 is 0 Å². The van der Waals surface area contributed by atoms with E-state index in [9.17, 15) is 0 Å². The molecule has 0 aromatic carbocycles. The summed E-state index contributed by atoms with van der Waals surface area (Å²) in [5.41, 5.74) is 4.42. The van der Waals surface area contributed by atoms with Crippen molar-refractivity contribution in [2.24, 2.45) is 34.4 Å². The van der Waals surface area contributed by atoms with Gasteiger partial charge in [0.1, 0.15) is 0 Å². The standard InChI is InChI=1S/C18H34N2/c1-4-5-13(2)6-16(20-19)18-10-14-7-15(11-18)9-17(3,8-14)12-18/h13-16,20H,4-12,19H2,1-3H3. The lowest BCUT2D eigenvalue weighted by Gasteiger charge is -2.63. The molecule has 4 atom stereocenters. The average Bonchev–Trinajstić information content (AvgIpc) is 2.33. The molecule has 0 saturated heterocycles. The molecule has 4 aliphatic rings. The maximum atomic E-state index is 6.03. The Kier molecular flexibility index (Phi) is 3.92. The minimum atomic E-state index is 0.523. The summed E-state index contributed by atoms with van der Waals surface area (Å²) in [6, 6.07) is 0.550. The van der Waals surface area contributed by atoms with E-state index in [1.165, 1.54) is 57.8 Å². The summed E-state index contributed by atoms with van der Waals surface area (Å²) in [5.74, 6) is 8.84. The van der Waals surface area contributed by atoms with Crippen molar-refractivity contribution in [3.63, 3.8) is 0 Å². The first-order valence-corrected chi connectivity index (χ1v) is 8.95. The molecule has 20 heavy (non-hydrogen) atoms. The van der Waals surface area contributed by atoms with E-state index in [1.54, 1.807) is 0 Å². The molecule has 116 valence electrons. The molecule has 0 radical (unpaired) electrons. The second-order valence-corrected chi connectivity index (χ2v) is 8.98. The molecule has 4 fully saturated rings. The lowest BCUT2D eigenvalue weighted by atomic mass is 9.43. The van der Waals surface area contributed by atoms with Crippen molar-refractivity contribution in [3.8, 4) is 0 Å². The smallest absolute Gasteiger partial charge is 0.0269 e. The van der Waals surface area contributed by atoms with E-state index in [1.807, 2.05) is 0 Å². The molecule has 4 rings (SSSR count). The fraction of sp³-hybridized carbons (Fsp3) is 1.00. The molecule has 4 bridgehead atoms. The highest BCUT2D eigenvalue weighted by Crippen LogP contribution is 2.66. The highest BCUT2D eigenvalue weighted by atomic mass is 15.2. The van der Waals surface area contributed by atoms with Crippen LogP contribution in [0.3, 0.4) is 0 Å². The van der Waals surface area contributed by atoms with Crippen LogP contribution in [-0.2, 0) is 0 Å². The van der Waals surface area contributed by atoms with Crippen LogP contribution in [0.4, 0.5) is 0 Å². The first-order valence-electron chi connectivity index (χ1n) is 8.95. The molecule has 2 nitrogen and oxygen atoms in total. The van der Waals surface area contributed by atoms with E-state index >= 15 is 0 Å². The van der Waals surface area contributed by atoms with Gasteiger partial charge in [-0.05, 0) is 73.5 Å². The van der Waals surface area contributed by atoms with Crippen LogP contribution in [0.15, 0.2) is 0 Å². The van der Waals surface area contributed by atoms with Crippen LogP contribution < -0.4 is 11.3 Å². The fourth-order valence-electron chi connectivity index (χ4n) is 6.71. The van der Waals surface area contributed by atoms with Crippen LogP contribution in [0.25, 0.3) is 0 Å². The fourth-order valence-corrected chi connectivity index (χ4v) is 6.71. The Morgan fingerprint density at radius 2 is 1.85 bits per heavy atom. The molecule has 3 N–H and O–H groups in total. The third-order valence-electron chi connectivity index (χ3n) is 6.76. The van der Waals surface area contributed by atoms with Gasteiger partial charge in [0.15, 0.2) is 0 Å². The Morgan fingerprint density at radius 1 is 1.20 bits per heavy atom. The predicted octanol–water partition coefficient (Wildman–Crippen LogP) is 4.25. The number of hydrazine groups is 1. The van der Waals surface area contributed by atoms with Gasteiger partial charge < -0.3 is 0 Å². The normalized spacial score (nSPS) is 45.6. The number of rotatable bonds is 6. The van der Waals surface area contributed by atoms with Crippen LogP contribution in [0, 0.1) is 28.6 Å². The van der Waals surface area contributed by atoms with Gasteiger partial charge in [-0.1, -0.05) is 33.6 Å². The summed E-state index contributed by atoms with van der Waals surface area (Å²) in [6.45, 7) is 7.27. The molecule has 4 saturated carbocycles. The van der Waals surface area contributed by atoms with Crippen molar-refractivity contribution in [1.82, 2.24) is 5.43 Å². The van der Waals surface area contributed by atoms with Crippen molar-refractivity contribution in [2.45, 2.75) is 84.6 Å². The maximum absolute atomic E-state index is 6.03. The monoisotopic (exact) mass is 278 g/mol. The van der Waals surface area contributed by atoms with Crippen molar-refractivity contribution >= 4 is 0 Å². The molecule has 0 amide bonds. The summed E-state index contributed by atoms with van der Waals surface area (Å²) < 4.78 is 0. The van der Waals surface area contributed by atoms with E-state index in [2.05, 4.69) is 26.2 Å². The zero-order valence-corrected chi connectivity index (χ0v) is 13.8. The van der Waals surface area contributed by atoms with Crippen LogP contribution in [0.5, 0.6) is 0 Å². The highest BCUT2D eigenvalue weighted by Gasteiger charge is 2.58. The Balaban J connectivity index is 1.76. The Morgan fingerprint density at radius 3 is 2.35 bits per heavy atom. The van der Waals surface area contributed by atoms with Gasteiger partial charge in [0.05, 0.1) is 0 Å². The predicted molar refractivity (Wildman–Crippen MR) is 85.0 cm³/mol. The Labute approximate surface area is 125 Å². The van der Waals surface area contributed by atoms with Gasteiger partial charge >= 0.3 is 0 Å². The molecule has 0 spiro atoms. The SMILES string of the molecule is CCCC(C)CC(NN)C12CC3CC(CC(C)(C3)C1)C2. The zero-order chi connectivity index (χ0) is 14.4. The molecule has 0 heterocycles. The van der Waals surface area contributed by atoms with Crippen LogP contribution in [-0.4, -0.2) is 6.04 Å². The van der Waals surface area contributed by atoms with Crippen LogP contribution in [0.1, 0.15) is 78.6 Å². The topological polar surface area (TPSA) is 38.0 Å². The molecule has 0 aromatic rings. The quantitative estimate of drug-likeness (QED) is 0.563. The molecule has 0 aliphatic heterocycles. The molecular weight excluding hydrogens is 244 g/mol. The first kappa shape index (κ1) is 14.8. The molecule has 0 aromatic heterocycles. The summed E-state index contributed by atoms with van der Waals surface area (Å²) in [7, 11) is 0. The first-order chi connectivity index (χ1) is 9.48. The maximum Gasteiger partial charge on any atom is 0.0269 e. The van der Waals surface area contributed by atoms with Crippen LogP contribution in [0.2, 0.25) is 0 Å². The molecule has 4 aliphatic carbocycles. The third-order valence-corrected chi connectivity index (χ3v) is 6.76. The van der Waals surface area contributed by atoms with Gasteiger partial charge in [0.2, 0.25) is 0 Å². The summed E-state index contributed by atoms with van der Waals surface area (Å²) in [5, 5.41) is 0. The number of hydrogen-bond donors (Lipinski definition) is 2. The highest BCUT2D eigenvalue weighted by molar-refractivity contribution is 5.09. The summed E-state index contributed by atoms with van der Waals surface area (Å²) in [4.78, 5) is 0. The van der Waals surface area contributed by atoms with Crippen molar-refractivity contribution in [2.75, 3.05) is 0 Å². The van der Waals surface area contributed by atoms with Crippen molar-refractivity contribution in [3.05, 3.63) is 0 Å². The van der Waals surface area contributed by atoms with Crippen LogP contribution >= 0.6 is 0 Å². The largest absolute Gasteiger partial charge is 0.271 e.